The van der Waals surface area contributed by atoms with E-state index in [9.17, 15) is 9.81 Å². The summed E-state index contributed by atoms with van der Waals surface area (Å²) in [5.74, 6) is 1.21. The first-order chi connectivity index (χ1) is 9.70. The fraction of sp³-hybridized carbons (Fsp3) is 0.562. The maximum Gasteiger partial charge on any atom is 0.173 e. The Hall–Kier alpha value is -1.02. The summed E-state index contributed by atoms with van der Waals surface area (Å²) in [6, 6.07) is 11.7. The summed E-state index contributed by atoms with van der Waals surface area (Å²) in [4.78, 5) is 0.765. The largest absolute Gasteiger partial charge is 0.593 e. The molecule has 1 N–H and O–H groups in total. The second-order valence-electron chi connectivity index (χ2n) is 5.69. The average Bonchev–Trinajstić information content (AvgIpc) is 2.50. The molecule has 20 heavy (non-hydrogen) atoms. The van der Waals surface area contributed by atoms with Crippen LogP contribution >= 0.6 is 0 Å². The van der Waals surface area contributed by atoms with Crippen LogP contribution in [0.5, 0.6) is 0 Å². The first-order valence-electron chi connectivity index (χ1n) is 7.30. The number of benzene rings is 1. The van der Waals surface area contributed by atoms with Gasteiger partial charge in [0, 0.05) is 0 Å². The zero-order valence-electron chi connectivity index (χ0n) is 11.9. The predicted molar refractivity (Wildman–Crippen MR) is 81.1 cm³/mol. The van der Waals surface area contributed by atoms with Crippen molar-refractivity contribution >= 4 is 11.4 Å². The van der Waals surface area contributed by atoms with Crippen LogP contribution in [0.1, 0.15) is 32.6 Å². The Balaban J connectivity index is 1.84. The molecule has 1 aromatic rings. The highest BCUT2D eigenvalue weighted by Crippen LogP contribution is 2.32. The van der Waals surface area contributed by atoms with Gasteiger partial charge in [0.1, 0.15) is 0 Å². The van der Waals surface area contributed by atoms with Crippen molar-refractivity contribution in [2.75, 3.05) is 6.54 Å². The molecule has 1 aromatic carbocycles. The summed E-state index contributed by atoms with van der Waals surface area (Å²) in [6.45, 7) is 2.79. The Bertz CT molecular complexity index is 438. The molecule has 1 aliphatic rings. The van der Waals surface area contributed by atoms with E-state index in [4.69, 9.17) is 0 Å². The van der Waals surface area contributed by atoms with Crippen LogP contribution in [-0.2, 0) is 11.4 Å². The van der Waals surface area contributed by atoms with Crippen molar-refractivity contribution in [2.45, 2.75) is 37.5 Å². The van der Waals surface area contributed by atoms with Gasteiger partial charge >= 0.3 is 0 Å². The normalized spacial score (nSPS) is 25.6. The van der Waals surface area contributed by atoms with Crippen LogP contribution in [0, 0.1) is 29.1 Å². The van der Waals surface area contributed by atoms with Crippen LogP contribution in [0.2, 0.25) is 0 Å². The second kappa shape index (κ2) is 7.68. The lowest BCUT2D eigenvalue weighted by Gasteiger charge is -2.29. The standard InChI is InChI=1S/C16H22N2OS/c1-13-7-9-14(10-8-13)15(11-17)12-18-20(19)16-5-3-2-4-6-16/h2-6,13-15,18H,7-10,12H2,1H3. The lowest BCUT2D eigenvalue weighted by molar-refractivity contribution is 0.244. The van der Waals surface area contributed by atoms with Gasteiger partial charge < -0.3 is 4.55 Å². The third-order valence-corrected chi connectivity index (χ3v) is 5.32. The van der Waals surface area contributed by atoms with Crippen LogP contribution in [0.4, 0.5) is 0 Å². The molecule has 1 saturated carbocycles. The summed E-state index contributed by atoms with van der Waals surface area (Å²) in [5.41, 5.74) is 0. The molecule has 1 fully saturated rings. The van der Waals surface area contributed by atoms with Gasteiger partial charge in [-0.05, 0) is 36.8 Å². The van der Waals surface area contributed by atoms with Crippen molar-refractivity contribution in [2.24, 2.45) is 17.8 Å². The molecule has 4 heteroatoms. The van der Waals surface area contributed by atoms with Gasteiger partial charge in [-0.2, -0.15) is 5.26 Å². The third kappa shape index (κ3) is 4.24. The van der Waals surface area contributed by atoms with Gasteiger partial charge in [0.2, 0.25) is 0 Å². The van der Waals surface area contributed by atoms with Gasteiger partial charge in [-0.15, -0.1) is 4.72 Å². The van der Waals surface area contributed by atoms with Crippen molar-refractivity contribution in [1.29, 1.82) is 5.26 Å². The van der Waals surface area contributed by atoms with Crippen molar-refractivity contribution in [3.63, 3.8) is 0 Å². The number of nitrogens with one attached hydrogen (secondary N) is 1. The highest BCUT2D eigenvalue weighted by atomic mass is 32.2. The Labute approximate surface area is 124 Å². The molecule has 0 heterocycles. The topological polar surface area (TPSA) is 58.9 Å². The molecule has 0 amide bonds. The minimum absolute atomic E-state index is 0.0323. The van der Waals surface area contributed by atoms with E-state index in [0.717, 1.165) is 23.7 Å². The molecule has 0 aliphatic heterocycles. The Morgan fingerprint density at radius 3 is 2.55 bits per heavy atom. The summed E-state index contributed by atoms with van der Waals surface area (Å²) >= 11 is -1.22. The third-order valence-electron chi connectivity index (χ3n) is 4.19. The molecular formula is C16H22N2OS. The van der Waals surface area contributed by atoms with E-state index in [0.29, 0.717) is 12.5 Å². The molecule has 2 atom stereocenters. The lowest BCUT2D eigenvalue weighted by Crippen LogP contribution is -2.33. The quantitative estimate of drug-likeness (QED) is 0.847. The minimum atomic E-state index is -1.22. The molecule has 1 aliphatic carbocycles. The fourth-order valence-electron chi connectivity index (χ4n) is 2.80. The van der Waals surface area contributed by atoms with Gasteiger partial charge in [-0.1, -0.05) is 38.0 Å². The molecule has 108 valence electrons. The van der Waals surface area contributed by atoms with Gasteiger partial charge in [0.25, 0.3) is 0 Å². The van der Waals surface area contributed by atoms with E-state index >= 15 is 0 Å². The highest BCUT2D eigenvalue weighted by Gasteiger charge is 2.27. The van der Waals surface area contributed by atoms with Crippen LogP contribution in [-0.4, -0.2) is 11.1 Å². The summed E-state index contributed by atoms with van der Waals surface area (Å²) in [7, 11) is 0. The van der Waals surface area contributed by atoms with Crippen molar-refractivity contribution in [3.8, 4) is 6.07 Å². The number of nitriles is 1. The Morgan fingerprint density at radius 1 is 1.30 bits per heavy atom. The lowest BCUT2D eigenvalue weighted by atomic mass is 9.77. The van der Waals surface area contributed by atoms with E-state index in [1.54, 1.807) is 0 Å². The number of hydrogen-bond acceptors (Lipinski definition) is 3. The molecule has 0 saturated heterocycles. The summed E-state index contributed by atoms with van der Waals surface area (Å²) in [5, 5.41) is 9.34. The minimum Gasteiger partial charge on any atom is -0.593 e. The maximum absolute atomic E-state index is 12.1. The number of rotatable bonds is 5. The molecule has 0 spiro atoms. The van der Waals surface area contributed by atoms with E-state index in [1.165, 1.54) is 12.8 Å². The van der Waals surface area contributed by atoms with E-state index in [1.807, 2.05) is 30.3 Å². The van der Waals surface area contributed by atoms with Crippen molar-refractivity contribution in [3.05, 3.63) is 30.3 Å². The smallest absolute Gasteiger partial charge is 0.173 e. The molecule has 2 unspecified atom stereocenters. The predicted octanol–water partition coefficient (Wildman–Crippen LogP) is 3.26. The van der Waals surface area contributed by atoms with E-state index in [-0.39, 0.29) is 5.92 Å². The molecule has 0 aromatic heterocycles. The van der Waals surface area contributed by atoms with Crippen LogP contribution in [0.3, 0.4) is 0 Å². The molecule has 0 bridgehead atoms. The number of hydrogen-bond donors (Lipinski definition) is 1. The van der Waals surface area contributed by atoms with E-state index in [2.05, 4.69) is 17.7 Å². The zero-order valence-corrected chi connectivity index (χ0v) is 12.7. The summed E-state index contributed by atoms with van der Waals surface area (Å²) in [6.07, 6.45) is 4.67. The SMILES string of the molecule is CC1CCC(C(C#N)CN[S+]([O-])c2ccccc2)CC1. The molecule has 3 nitrogen and oxygen atoms in total. The fourth-order valence-corrected chi connectivity index (χ4v) is 3.70. The maximum atomic E-state index is 12.1. The zero-order chi connectivity index (χ0) is 14.4. The Morgan fingerprint density at radius 2 is 1.95 bits per heavy atom. The average molecular weight is 290 g/mol. The van der Waals surface area contributed by atoms with Crippen LogP contribution < -0.4 is 4.72 Å². The van der Waals surface area contributed by atoms with Crippen molar-refractivity contribution in [1.82, 2.24) is 4.72 Å². The van der Waals surface area contributed by atoms with Gasteiger partial charge in [0.05, 0.1) is 29.9 Å². The molecular weight excluding hydrogens is 268 g/mol. The second-order valence-corrected chi connectivity index (χ2v) is 6.98. The first kappa shape index (κ1) is 15.4. The van der Waals surface area contributed by atoms with Crippen LogP contribution in [0.25, 0.3) is 0 Å². The summed E-state index contributed by atoms with van der Waals surface area (Å²) < 4.78 is 15.1. The van der Waals surface area contributed by atoms with Gasteiger partial charge in [-0.3, -0.25) is 0 Å². The highest BCUT2D eigenvalue weighted by molar-refractivity contribution is 7.89. The van der Waals surface area contributed by atoms with Gasteiger partial charge in [-0.25, -0.2) is 0 Å². The first-order valence-corrected chi connectivity index (χ1v) is 8.45. The number of nitrogens with zero attached hydrogens (tertiary/aromatic N) is 1. The van der Waals surface area contributed by atoms with Crippen LogP contribution in [0.15, 0.2) is 35.2 Å². The van der Waals surface area contributed by atoms with Crippen molar-refractivity contribution < 1.29 is 4.55 Å². The molecule has 0 radical (unpaired) electrons. The Kier molecular flexibility index (Phi) is 5.90. The molecule has 2 rings (SSSR count). The van der Waals surface area contributed by atoms with E-state index < -0.39 is 11.4 Å². The monoisotopic (exact) mass is 290 g/mol. The van der Waals surface area contributed by atoms with Gasteiger partial charge in [0.15, 0.2) is 4.90 Å².